The number of hydrogen-bond donors (Lipinski definition) is 1. The van der Waals surface area contributed by atoms with Gasteiger partial charge in [0.25, 0.3) is 5.91 Å². The summed E-state index contributed by atoms with van der Waals surface area (Å²) < 4.78 is 5.37. The van der Waals surface area contributed by atoms with Gasteiger partial charge in [-0.15, -0.1) is 0 Å². The Bertz CT molecular complexity index is 733. The first kappa shape index (κ1) is 16.7. The Morgan fingerprint density at radius 1 is 1.29 bits per heavy atom. The lowest BCUT2D eigenvalue weighted by atomic mass is 9.70. The van der Waals surface area contributed by atoms with E-state index in [0.717, 1.165) is 24.0 Å². The van der Waals surface area contributed by atoms with E-state index in [1.165, 1.54) is 6.42 Å². The van der Waals surface area contributed by atoms with Gasteiger partial charge in [-0.2, -0.15) is 0 Å². The van der Waals surface area contributed by atoms with Crippen LogP contribution in [-0.2, 0) is 0 Å². The summed E-state index contributed by atoms with van der Waals surface area (Å²) in [5.74, 6) is 1.10. The zero-order valence-electron chi connectivity index (χ0n) is 14.9. The molecule has 0 unspecified atom stereocenters. The van der Waals surface area contributed by atoms with E-state index < -0.39 is 0 Å². The highest BCUT2D eigenvalue weighted by Gasteiger charge is 2.33. The van der Waals surface area contributed by atoms with Crippen molar-refractivity contribution in [2.75, 3.05) is 0 Å². The Balaban J connectivity index is 1.70. The van der Waals surface area contributed by atoms with Gasteiger partial charge >= 0.3 is 0 Å². The topological polar surface area (TPSA) is 55.1 Å². The van der Waals surface area contributed by atoms with Gasteiger partial charge in [0.1, 0.15) is 0 Å². The van der Waals surface area contributed by atoms with Crippen molar-refractivity contribution in [2.45, 2.75) is 53.0 Å². The largest absolute Gasteiger partial charge is 0.355 e. The summed E-state index contributed by atoms with van der Waals surface area (Å²) in [6, 6.07) is 9.91. The fourth-order valence-electron chi connectivity index (χ4n) is 4.03. The first-order valence-electron chi connectivity index (χ1n) is 8.67. The average Bonchev–Trinajstić information content (AvgIpc) is 2.94. The lowest BCUT2D eigenvalue weighted by Crippen LogP contribution is -2.43. The Hall–Kier alpha value is -2.10. The van der Waals surface area contributed by atoms with Crippen LogP contribution in [0.5, 0.6) is 0 Å². The van der Waals surface area contributed by atoms with Crippen LogP contribution in [0.15, 0.2) is 34.9 Å². The highest BCUT2D eigenvalue weighted by atomic mass is 16.5. The van der Waals surface area contributed by atoms with E-state index in [-0.39, 0.29) is 17.4 Å². The standard InChI is InChI=1S/C20H26N2O2/c1-13-6-5-7-15(8-13)18-10-17(22-24-18)19(23)21-16-9-14(2)11-20(3,4)12-16/h5-8,10,14,16H,9,11-12H2,1-4H3,(H,21,23)/t14-,16+/m1/s1. The minimum atomic E-state index is -0.146. The molecule has 3 rings (SSSR count). The number of nitrogens with zero attached hydrogens (tertiary/aromatic N) is 1. The molecule has 24 heavy (non-hydrogen) atoms. The van der Waals surface area contributed by atoms with Gasteiger partial charge in [-0.25, -0.2) is 0 Å². The monoisotopic (exact) mass is 326 g/mol. The third-order valence-electron chi connectivity index (χ3n) is 4.77. The molecule has 1 aliphatic carbocycles. The lowest BCUT2D eigenvalue weighted by molar-refractivity contribution is 0.0865. The Kier molecular flexibility index (Phi) is 4.48. The second-order valence-electron chi connectivity index (χ2n) is 8.03. The smallest absolute Gasteiger partial charge is 0.273 e. The number of rotatable bonds is 3. The Morgan fingerprint density at radius 3 is 2.79 bits per heavy atom. The number of benzene rings is 1. The van der Waals surface area contributed by atoms with Gasteiger partial charge in [0.15, 0.2) is 11.5 Å². The van der Waals surface area contributed by atoms with Crippen molar-refractivity contribution in [3.63, 3.8) is 0 Å². The van der Waals surface area contributed by atoms with Crippen LogP contribution in [0.4, 0.5) is 0 Å². The van der Waals surface area contributed by atoms with Crippen LogP contribution >= 0.6 is 0 Å². The van der Waals surface area contributed by atoms with E-state index in [2.05, 4.69) is 31.2 Å². The molecule has 1 heterocycles. The Labute approximate surface area is 143 Å². The number of amides is 1. The molecule has 4 heteroatoms. The molecule has 0 radical (unpaired) electrons. The predicted molar refractivity (Wildman–Crippen MR) is 94.7 cm³/mol. The van der Waals surface area contributed by atoms with Gasteiger partial charge in [-0.3, -0.25) is 4.79 Å². The molecule has 0 bridgehead atoms. The normalized spacial score (nSPS) is 23.0. The van der Waals surface area contributed by atoms with Crippen LogP contribution < -0.4 is 5.32 Å². The number of aryl methyl sites for hydroxylation is 1. The van der Waals surface area contributed by atoms with Gasteiger partial charge < -0.3 is 9.84 Å². The maximum absolute atomic E-state index is 12.5. The molecule has 0 spiro atoms. The van der Waals surface area contributed by atoms with Crippen molar-refractivity contribution in [1.82, 2.24) is 10.5 Å². The minimum absolute atomic E-state index is 0.146. The molecular formula is C20H26N2O2. The summed E-state index contributed by atoms with van der Waals surface area (Å²) in [7, 11) is 0. The second-order valence-corrected chi connectivity index (χ2v) is 8.03. The van der Waals surface area contributed by atoms with Gasteiger partial charge in [0.2, 0.25) is 0 Å². The summed E-state index contributed by atoms with van der Waals surface area (Å²) in [4.78, 5) is 12.5. The van der Waals surface area contributed by atoms with Crippen molar-refractivity contribution < 1.29 is 9.32 Å². The Morgan fingerprint density at radius 2 is 2.08 bits per heavy atom. The summed E-state index contributed by atoms with van der Waals surface area (Å²) in [5.41, 5.74) is 2.71. The molecule has 1 fully saturated rings. The van der Waals surface area contributed by atoms with Crippen LogP contribution in [-0.4, -0.2) is 17.1 Å². The van der Waals surface area contributed by atoms with Crippen LogP contribution in [0, 0.1) is 18.3 Å². The van der Waals surface area contributed by atoms with Crippen molar-refractivity contribution in [1.29, 1.82) is 0 Å². The number of carbonyl (C=O) groups excluding carboxylic acids is 1. The van der Waals surface area contributed by atoms with E-state index in [4.69, 9.17) is 4.52 Å². The quantitative estimate of drug-likeness (QED) is 0.897. The van der Waals surface area contributed by atoms with E-state index in [1.54, 1.807) is 6.07 Å². The van der Waals surface area contributed by atoms with E-state index in [0.29, 0.717) is 17.4 Å². The third-order valence-corrected chi connectivity index (χ3v) is 4.77. The molecule has 128 valence electrons. The van der Waals surface area contributed by atoms with Crippen molar-refractivity contribution in [3.05, 3.63) is 41.6 Å². The van der Waals surface area contributed by atoms with Gasteiger partial charge in [0.05, 0.1) is 0 Å². The molecule has 1 saturated carbocycles. The van der Waals surface area contributed by atoms with Crippen LogP contribution in [0.3, 0.4) is 0 Å². The first-order valence-corrected chi connectivity index (χ1v) is 8.67. The van der Waals surface area contributed by atoms with Crippen LogP contribution in [0.25, 0.3) is 11.3 Å². The molecule has 1 amide bonds. The molecule has 4 nitrogen and oxygen atoms in total. The zero-order valence-corrected chi connectivity index (χ0v) is 14.9. The number of hydrogen-bond acceptors (Lipinski definition) is 3. The van der Waals surface area contributed by atoms with Crippen molar-refractivity contribution in [2.24, 2.45) is 11.3 Å². The molecule has 1 aromatic heterocycles. The van der Waals surface area contributed by atoms with E-state index in [9.17, 15) is 4.79 Å². The lowest BCUT2D eigenvalue weighted by Gasteiger charge is -2.39. The third kappa shape index (κ3) is 3.86. The highest BCUT2D eigenvalue weighted by molar-refractivity contribution is 5.93. The summed E-state index contributed by atoms with van der Waals surface area (Å²) >= 11 is 0. The van der Waals surface area contributed by atoms with Gasteiger partial charge in [0, 0.05) is 17.7 Å². The molecule has 1 N–H and O–H groups in total. The number of nitrogens with one attached hydrogen (secondary N) is 1. The molecule has 2 aromatic rings. The van der Waals surface area contributed by atoms with Crippen LogP contribution in [0.2, 0.25) is 0 Å². The molecule has 2 atom stereocenters. The molecule has 0 saturated heterocycles. The molecule has 0 aliphatic heterocycles. The van der Waals surface area contributed by atoms with Gasteiger partial charge in [-0.05, 0) is 43.6 Å². The van der Waals surface area contributed by atoms with Crippen molar-refractivity contribution in [3.8, 4) is 11.3 Å². The molecular weight excluding hydrogens is 300 g/mol. The van der Waals surface area contributed by atoms with E-state index in [1.807, 2.05) is 31.2 Å². The van der Waals surface area contributed by atoms with Crippen LogP contribution in [0.1, 0.15) is 56.1 Å². The molecule has 1 aromatic carbocycles. The highest BCUT2D eigenvalue weighted by Crippen LogP contribution is 2.38. The fraction of sp³-hybridized carbons (Fsp3) is 0.500. The van der Waals surface area contributed by atoms with Crippen molar-refractivity contribution >= 4 is 5.91 Å². The average molecular weight is 326 g/mol. The maximum atomic E-state index is 12.5. The predicted octanol–water partition coefficient (Wildman–Crippen LogP) is 4.59. The second kappa shape index (κ2) is 6.42. The zero-order chi connectivity index (χ0) is 17.3. The maximum Gasteiger partial charge on any atom is 0.273 e. The summed E-state index contributed by atoms with van der Waals surface area (Å²) in [5, 5.41) is 7.09. The fourth-order valence-corrected chi connectivity index (χ4v) is 4.03. The summed E-state index contributed by atoms with van der Waals surface area (Å²) in [6.45, 7) is 8.83. The van der Waals surface area contributed by atoms with Gasteiger partial charge in [-0.1, -0.05) is 49.7 Å². The minimum Gasteiger partial charge on any atom is -0.355 e. The number of carbonyl (C=O) groups is 1. The summed E-state index contributed by atoms with van der Waals surface area (Å²) in [6.07, 6.45) is 3.24. The number of aromatic nitrogens is 1. The SMILES string of the molecule is Cc1cccc(-c2cc(C(=O)N[C@H]3C[C@@H](C)CC(C)(C)C3)no2)c1. The molecule has 1 aliphatic rings. The first-order chi connectivity index (χ1) is 11.3. The van der Waals surface area contributed by atoms with E-state index >= 15 is 0 Å².